The van der Waals surface area contributed by atoms with Gasteiger partial charge in [0.15, 0.2) is 9.84 Å². The van der Waals surface area contributed by atoms with Crippen LogP contribution in [0.3, 0.4) is 0 Å². The van der Waals surface area contributed by atoms with Crippen LogP contribution in [0.5, 0.6) is 0 Å². The zero-order valence-corrected chi connectivity index (χ0v) is 21.5. The molecule has 0 aliphatic carbocycles. The first-order chi connectivity index (χ1) is 18.6. The number of nitrogens with one attached hydrogen (secondary N) is 2. The summed E-state index contributed by atoms with van der Waals surface area (Å²) in [6.45, 7) is 0.295. The summed E-state index contributed by atoms with van der Waals surface area (Å²) >= 11 is 0. The van der Waals surface area contributed by atoms with E-state index >= 15 is 0 Å². The molecular formula is C27H26F2N4O5S. The molecule has 3 aromatic rings. The molecule has 1 heterocycles. The lowest BCUT2D eigenvalue weighted by atomic mass is 10.1. The molecule has 0 atom stereocenters. The van der Waals surface area contributed by atoms with Crippen LogP contribution in [0.15, 0.2) is 78.9 Å². The minimum Gasteiger partial charge on any atom is -0.322 e. The standard InChI is InChI=1S/C27H26F2N4O5S/c28-24(29)26(35)31-30-25(34)22-8-6-19(7-9-22)18-33(27(36)32-14-16-39(37,38)17-15-32)23-12-10-21(11-13-23)20-4-2-1-3-5-20/h1-13,24H,14-18H2,(H,30,34)(H,31,35). The van der Waals surface area contributed by atoms with E-state index in [-0.39, 0.29) is 42.7 Å². The van der Waals surface area contributed by atoms with Crippen molar-refractivity contribution in [2.75, 3.05) is 29.5 Å². The zero-order valence-electron chi connectivity index (χ0n) is 20.7. The summed E-state index contributed by atoms with van der Waals surface area (Å²) in [5.41, 5.74) is 6.90. The number of rotatable bonds is 6. The van der Waals surface area contributed by atoms with E-state index in [4.69, 9.17) is 0 Å². The molecular weight excluding hydrogens is 530 g/mol. The van der Waals surface area contributed by atoms with Gasteiger partial charge in [0.05, 0.1) is 18.1 Å². The predicted molar refractivity (Wildman–Crippen MR) is 142 cm³/mol. The van der Waals surface area contributed by atoms with Crippen LogP contribution in [0.1, 0.15) is 15.9 Å². The van der Waals surface area contributed by atoms with Crippen LogP contribution in [0.2, 0.25) is 0 Å². The molecule has 1 saturated heterocycles. The molecule has 0 aromatic heterocycles. The molecule has 4 rings (SSSR count). The number of amides is 4. The number of alkyl halides is 2. The Bertz CT molecular complexity index is 1420. The number of benzene rings is 3. The molecule has 204 valence electrons. The van der Waals surface area contributed by atoms with Gasteiger partial charge in [0.25, 0.3) is 5.91 Å². The highest BCUT2D eigenvalue weighted by atomic mass is 32.2. The van der Waals surface area contributed by atoms with E-state index in [1.54, 1.807) is 17.6 Å². The van der Waals surface area contributed by atoms with Crippen LogP contribution in [0.4, 0.5) is 19.3 Å². The fourth-order valence-corrected chi connectivity index (χ4v) is 5.20. The Balaban J connectivity index is 1.53. The molecule has 0 radical (unpaired) electrons. The second kappa shape index (κ2) is 12.0. The van der Waals surface area contributed by atoms with Crippen molar-refractivity contribution >= 4 is 33.4 Å². The van der Waals surface area contributed by atoms with Gasteiger partial charge in [0.1, 0.15) is 0 Å². The average Bonchev–Trinajstić information content (AvgIpc) is 2.95. The molecule has 12 heteroatoms. The van der Waals surface area contributed by atoms with E-state index in [2.05, 4.69) is 0 Å². The second-order valence-electron chi connectivity index (χ2n) is 8.86. The van der Waals surface area contributed by atoms with Gasteiger partial charge in [-0.25, -0.2) is 13.2 Å². The van der Waals surface area contributed by atoms with Crippen molar-refractivity contribution in [1.82, 2.24) is 15.8 Å². The maximum absolute atomic E-state index is 13.5. The molecule has 39 heavy (non-hydrogen) atoms. The summed E-state index contributed by atoms with van der Waals surface area (Å²) in [4.78, 5) is 39.7. The van der Waals surface area contributed by atoms with Gasteiger partial charge in [-0.15, -0.1) is 0 Å². The zero-order chi connectivity index (χ0) is 28.0. The Hall–Kier alpha value is -4.32. The van der Waals surface area contributed by atoms with Gasteiger partial charge in [-0.1, -0.05) is 54.6 Å². The monoisotopic (exact) mass is 556 g/mol. The predicted octanol–water partition coefficient (Wildman–Crippen LogP) is 3.24. The van der Waals surface area contributed by atoms with E-state index < -0.39 is 28.1 Å². The molecule has 0 bridgehead atoms. The van der Waals surface area contributed by atoms with E-state index in [9.17, 15) is 31.6 Å². The fraction of sp³-hybridized carbons (Fsp3) is 0.222. The fourth-order valence-electron chi connectivity index (χ4n) is 4.00. The Labute approximate surface area is 224 Å². The number of halogens is 2. The topological polar surface area (TPSA) is 116 Å². The lowest BCUT2D eigenvalue weighted by molar-refractivity contribution is -0.132. The number of carbonyl (C=O) groups is 3. The second-order valence-corrected chi connectivity index (χ2v) is 11.2. The lowest BCUT2D eigenvalue weighted by Gasteiger charge is -2.33. The van der Waals surface area contributed by atoms with E-state index in [0.29, 0.717) is 11.3 Å². The summed E-state index contributed by atoms with van der Waals surface area (Å²) in [7, 11) is -3.18. The Morgan fingerprint density at radius 1 is 0.821 bits per heavy atom. The molecule has 0 unspecified atom stereocenters. The van der Waals surface area contributed by atoms with Crippen molar-refractivity contribution in [3.05, 3.63) is 90.0 Å². The first-order valence-electron chi connectivity index (χ1n) is 12.0. The van der Waals surface area contributed by atoms with Crippen molar-refractivity contribution in [1.29, 1.82) is 0 Å². The molecule has 2 N–H and O–H groups in total. The number of sulfone groups is 1. The maximum atomic E-state index is 13.5. The number of nitrogens with zero attached hydrogens (tertiary/aromatic N) is 2. The van der Waals surface area contributed by atoms with Crippen molar-refractivity contribution in [2.24, 2.45) is 0 Å². The third kappa shape index (κ3) is 7.17. The normalized spacial score (nSPS) is 14.5. The summed E-state index contributed by atoms with van der Waals surface area (Å²) in [5, 5.41) is 0. The minimum absolute atomic E-state index is 0.0865. The van der Waals surface area contributed by atoms with Crippen molar-refractivity contribution < 1.29 is 31.6 Å². The molecule has 4 amide bonds. The van der Waals surface area contributed by atoms with Gasteiger partial charge in [-0.05, 0) is 41.0 Å². The number of hydrogen-bond donors (Lipinski definition) is 2. The van der Waals surface area contributed by atoms with Gasteiger partial charge in [0, 0.05) is 24.3 Å². The van der Waals surface area contributed by atoms with E-state index in [0.717, 1.165) is 11.1 Å². The summed E-state index contributed by atoms with van der Waals surface area (Å²) in [5.74, 6) is -2.62. The molecule has 1 aliphatic rings. The first kappa shape index (κ1) is 27.7. The van der Waals surface area contributed by atoms with Gasteiger partial charge < -0.3 is 4.90 Å². The molecule has 1 aliphatic heterocycles. The van der Waals surface area contributed by atoms with Crippen LogP contribution in [-0.4, -0.2) is 62.2 Å². The quantitative estimate of drug-likeness (QED) is 0.453. The summed E-state index contributed by atoms with van der Waals surface area (Å²) in [6.07, 6.45) is -3.27. The van der Waals surface area contributed by atoms with Crippen molar-refractivity contribution in [2.45, 2.75) is 13.0 Å². The highest BCUT2D eigenvalue weighted by molar-refractivity contribution is 7.91. The highest BCUT2D eigenvalue weighted by Gasteiger charge is 2.29. The van der Waals surface area contributed by atoms with E-state index in [1.165, 1.54) is 21.9 Å². The molecule has 0 saturated carbocycles. The number of hydrogen-bond acceptors (Lipinski definition) is 5. The molecule has 0 spiro atoms. The van der Waals surface area contributed by atoms with Crippen molar-refractivity contribution in [3.8, 4) is 11.1 Å². The maximum Gasteiger partial charge on any atom is 0.324 e. The number of carbonyl (C=O) groups excluding carboxylic acids is 3. The Morgan fingerprint density at radius 3 is 2.00 bits per heavy atom. The minimum atomic E-state index is -3.27. The van der Waals surface area contributed by atoms with Crippen molar-refractivity contribution in [3.63, 3.8) is 0 Å². The third-order valence-corrected chi connectivity index (χ3v) is 7.80. The number of hydrazine groups is 1. The lowest BCUT2D eigenvalue weighted by Crippen LogP contribution is -2.49. The van der Waals surface area contributed by atoms with Gasteiger partial charge >= 0.3 is 18.4 Å². The summed E-state index contributed by atoms with van der Waals surface area (Å²) < 4.78 is 48.4. The average molecular weight is 557 g/mol. The number of anilines is 1. The molecule has 1 fully saturated rings. The van der Waals surface area contributed by atoms with Crippen LogP contribution in [0.25, 0.3) is 11.1 Å². The first-order valence-corrected chi connectivity index (χ1v) is 13.8. The van der Waals surface area contributed by atoms with Gasteiger partial charge in [-0.3, -0.25) is 25.3 Å². The third-order valence-electron chi connectivity index (χ3n) is 6.19. The van der Waals surface area contributed by atoms with Gasteiger partial charge in [-0.2, -0.15) is 8.78 Å². The van der Waals surface area contributed by atoms with Crippen LogP contribution >= 0.6 is 0 Å². The van der Waals surface area contributed by atoms with Crippen LogP contribution in [0, 0.1) is 0 Å². The Morgan fingerprint density at radius 2 is 1.41 bits per heavy atom. The van der Waals surface area contributed by atoms with Crippen LogP contribution < -0.4 is 15.8 Å². The number of urea groups is 1. The largest absolute Gasteiger partial charge is 0.324 e. The van der Waals surface area contributed by atoms with Crippen LogP contribution in [-0.2, 0) is 21.2 Å². The highest BCUT2D eigenvalue weighted by Crippen LogP contribution is 2.26. The smallest absolute Gasteiger partial charge is 0.322 e. The van der Waals surface area contributed by atoms with Gasteiger partial charge in [0.2, 0.25) is 0 Å². The molecule has 9 nitrogen and oxygen atoms in total. The summed E-state index contributed by atoms with van der Waals surface area (Å²) in [6, 6.07) is 22.9. The Kier molecular flexibility index (Phi) is 8.55. The molecule has 3 aromatic carbocycles. The SMILES string of the molecule is O=C(NNC(=O)C(F)F)c1ccc(CN(C(=O)N2CCS(=O)(=O)CC2)c2ccc(-c3ccccc3)cc2)cc1. The van der Waals surface area contributed by atoms with E-state index in [1.807, 2.05) is 60.0 Å².